The maximum absolute atomic E-state index is 13.5. The molecule has 0 radical (unpaired) electrons. The molecule has 0 aliphatic carbocycles. The zero-order valence-electron chi connectivity index (χ0n) is 19.5. The van der Waals surface area contributed by atoms with Gasteiger partial charge >= 0.3 is 0 Å². The second-order valence-electron chi connectivity index (χ2n) is 9.50. The van der Waals surface area contributed by atoms with Gasteiger partial charge in [0.1, 0.15) is 6.10 Å². The zero-order valence-corrected chi connectivity index (χ0v) is 19.5. The largest absolute Gasteiger partial charge is 0.392 e. The van der Waals surface area contributed by atoms with E-state index in [-0.39, 0.29) is 24.0 Å². The fourth-order valence-corrected chi connectivity index (χ4v) is 4.71. The van der Waals surface area contributed by atoms with E-state index in [2.05, 4.69) is 46.6 Å². The van der Waals surface area contributed by atoms with E-state index in [1.807, 2.05) is 21.0 Å². The van der Waals surface area contributed by atoms with Crippen molar-refractivity contribution in [1.82, 2.24) is 15.1 Å². The molecule has 2 amide bonds. The SMILES string of the molecule is CC(=O)N1CCC[C@](C[C@H]2CC(c3ccc(C)cc3)=NO2)(C(=O)N[C@@H](C)CN(C)C)C1. The van der Waals surface area contributed by atoms with E-state index in [9.17, 15) is 9.59 Å². The lowest BCUT2D eigenvalue weighted by Crippen LogP contribution is -2.56. The second-order valence-corrected chi connectivity index (χ2v) is 9.50. The van der Waals surface area contributed by atoms with Crippen LogP contribution >= 0.6 is 0 Å². The van der Waals surface area contributed by atoms with Gasteiger partial charge in [-0.2, -0.15) is 0 Å². The number of hydrogen-bond donors (Lipinski definition) is 1. The third-order valence-corrected chi connectivity index (χ3v) is 6.26. The normalized spacial score (nSPS) is 24.5. The number of amides is 2. The van der Waals surface area contributed by atoms with Gasteiger partial charge in [-0.25, -0.2) is 0 Å². The molecular formula is C24H36N4O3. The molecule has 1 N–H and O–H groups in total. The number of nitrogens with zero attached hydrogens (tertiary/aromatic N) is 3. The third kappa shape index (κ3) is 5.85. The Morgan fingerprint density at radius 2 is 2.03 bits per heavy atom. The summed E-state index contributed by atoms with van der Waals surface area (Å²) in [5, 5.41) is 7.52. The van der Waals surface area contributed by atoms with Crippen molar-refractivity contribution >= 4 is 17.5 Å². The monoisotopic (exact) mass is 428 g/mol. The lowest BCUT2D eigenvalue weighted by atomic mass is 9.73. The summed E-state index contributed by atoms with van der Waals surface area (Å²) in [6.45, 7) is 7.55. The van der Waals surface area contributed by atoms with Gasteiger partial charge in [0.25, 0.3) is 0 Å². The number of likely N-dealkylation sites (N-methyl/N-ethyl adjacent to an activating group) is 1. The molecule has 0 bridgehead atoms. The average molecular weight is 429 g/mol. The van der Waals surface area contributed by atoms with Crippen LogP contribution in [0.25, 0.3) is 0 Å². The van der Waals surface area contributed by atoms with Crippen molar-refractivity contribution in [2.24, 2.45) is 10.6 Å². The fraction of sp³-hybridized carbons (Fsp3) is 0.625. The number of oxime groups is 1. The summed E-state index contributed by atoms with van der Waals surface area (Å²) in [5.41, 5.74) is 2.52. The molecule has 1 saturated heterocycles. The summed E-state index contributed by atoms with van der Waals surface area (Å²) in [4.78, 5) is 35.3. The van der Waals surface area contributed by atoms with Crippen LogP contribution in [-0.4, -0.2) is 73.2 Å². The number of piperidine rings is 1. The molecule has 3 atom stereocenters. The van der Waals surface area contributed by atoms with Crippen molar-refractivity contribution < 1.29 is 14.4 Å². The number of carbonyl (C=O) groups is 2. The summed E-state index contributed by atoms with van der Waals surface area (Å²) in [6.07, 6.45) is 2.62. The van der Waals surface area contributed by atoms with Crippen molar-refractivity contribution in [1.29, 1.82) is 0 Å². The van der Waals surface area contributed by atoms with E-state index in [1.54, 1.807) is 11.8 Å². The Morgan fingerprint density at radius 1 is 1.32 bits per heavy atom. The van der Waals surface area contributed by atoms with Gasteiger partial charge in [0.2, 0.25) is 11.8 Å². The Morgan fingerprint density at radius 3 is 2.68 bits per heavy atom. The molecule has 2 aliphatic heterocycles. The maximum Gasteiger partial charge on any atom is 0.228 e. The number of nitrogens with one attached hydrogen (secondary N) is 1. The van der Waals surface area contributed by atoms with Gasteiger partial charge in [-0.05, 0) is 46.3 Å². The molecular weight excluding hydrogens is 392 g/mol. The predicted molar refractivity (Wildman–Crippen MR) is 122 cm³/mol. The van der Waals surface area contributed by atoms with Crippen LogP contribution in [0.5, 0.6) is 0 Å². The van der Waals surface area contributed by atoms with E-state index in [0.717, 1.165) is 30.7 Å². The van der Waals surface area contributed by atoms with Crippen LogP contribution in [0.1, 0.15) is 50.7 Å². The molecule has 7 nitrogen and oxygen atoms in total. The maximum atomic E-state index is 13.5. The fourth-order valence-electron chi connectivity index (χ4n) is 4.71. The van der Waals surface area contributed by atoms with Gasteiger partial charge in [-0.15, -0.1) is 0 Å². The third-order valence-electron chi connectivity index (χ3n) is 6.26. The molecule has 3 rings (SSSR count). The van der Waals surface area contributed by atoms with Gasteiger partial charge in [0.05, 0.1) is 11.1 Å². The van der Waals surface area contributed by atoms with Crippen molar-refractivity contribution in [3.63, 3.8) is 0 Å². The highest BCUT2D eigenvalue weighted by Crippen LogP contribution is 2.38. The summed E-state index contributed by atoms with van der Waals surface area (Å²) in [6, 6.07) is 8.28. The highest BCUT2D eigenvalue weighted by atomic mass is 16.6. The summed E-state index contributed by atoms with van der Waals surface area (Å²) in [7, 11) is 3.99. The standard InChI is InChI=1S/C24H36N4O3/c1-17-7-9-20(10-8-17)22-13-21(31-26-22)14-24(11-6-12-28(16-24)19(3)29)23(30)25-18(2)15-27(4)5/h7-10,18,21H,6,11-16H2,1-5H3,(H,25,30)/t18-,21+,24+/m0/s1. The van der Waals surface area contributed by atoms with E-state index in [4.69, 9.17) is 4.84 Å². The zero-order chi connectivity index (χ0) is 22.6. The summed E-state index contributed by atoms with van der Waals surface area (Å²) in [5.74, 6) is 0.0299. The Bertz CT molecular complexity index is 821. The van der Waals surface area contributed by atoms with Crippen molar-refractivity contribution in [3.05, 3.63) is 35.4 Å². The number of likely N-dealkylation sites (tertiary alicyclic amines) is 1. The molecule has 0 spiro atoms. The van der Waals surface area contributed by atoms with Gasteiger partial charge in [0, 0.05) is 45.4 Å². The molecule has 0 saturated carbocycles. The minimum Gasteiger partial charge on any atom is -0.392 e. The van der Waals surface area contributed by atoms with Crippen LogP contribution in [0.15, 0.2) is 29.4 Å². The molecule has 7 heteroatoms. The smallest absolute Gasteiger partial charge is 0.228 e. The van der Waals surface area contributed by atoms with Crippen molar-refractivity contribution in [2.75, 3.05) is 33.7 Å². The minimum atomic E-state index is -0.659. The van der Waals surface area contributed by atoms with E-state index < -0.39 is 5.41 Å². The molecule has 1 fully saturated rings. The molecule has 1 aromatic rings. The first-order valence-electron chi connectivity index (χ1n) is 11.2. The quantitative estimate of drug-likeness (QED) is 0.724. The van der Waals surface area contributed by atoms with E-state index in [1.165, 1.54) is 5.56 Å². The Kier molecular flexibility index (Phi) is 7.36. The summed E-state index contributed by atoms with van der Waals surface area (Å²) >= 11 is 0. The first-order chi connectivity index (χ1) is 14.7. The molecule has 31 heavy (non-hydrogen) atoms. The van der Waals surface area contributed by atoms with Crippen LogP contribution in [-0.2, 0) is 14.4 Å². The molecule has 2 heterocycles. The van der Waals surface area contributed by atoms with E-state index >= 15 is 0 Å². The van der Waals surface area contributed by atoms with Crippen LogP contribution in [0.4, 0.5) is 0 Å². The second kappa shape index (κ2) is 9.81. The number of rotatable bonds is 7. The first kappa shape index (κ1) is 23.3. The lowest BCUT2D eigenvalue weighted by molar-refractivity contribution is -0.143. The number of hydrogen-bond acceptors (Lipinski definition) is 5. The highest BCUT2D eigenvalue weighted by molar-refractivity contribution is 6.01. The predicted octanol–water partition coefficient (Wildman–Crippen LogP) is 2.57. The highest BCUT2D eigenvalue weighted by Gasteiger charge is 2.46. The van der Waals surface area contributed by atoms with Crippen LogP contribution in [0.3, 0.4) is 0 Å². The molecule has 2 aliphatic rings. The van der Waals surface area contributed by atoms with Gasteiger partial charge in [0.15, 0.2) is 0 Å². The van der Waals surface area contributed by atoms with Crippen LogP contribution in [0.2, 0.25) is 0 Å². The minimum absolute atomic E-state index is 0.0141. The Labute approximate surface area is 185 Å². The molecule has 1 aromatic carbocycles. The summed E-state index contributed by atoms with van der Waals surface area (Å²) < 4.78 is 0. The van der Waals surface area contributed by atoms with Gasteiger partial charge < -0.3 is 20.0 Å². The first-order valence-corrected chi connectivity index (χ1v) is 11.2. The number of aryl methyl sites for hydroxylation is 1. The number of carbonyl (C=O) groups excluding carboxylic acids is 2. The average Bonchev–Trinajstić information content (AvgIpc) is 3.16. The van der Waals surface area contributed by atoms with Crippen molar-refractivity contribution in [3.8, 4) is 0 Å². The van der Waals surface area contributed by atoms with Crippen molar-refractivity contribution in [2.45, 2.75) is 58.6 Å². The van der Waals surface area contributed by atoms with E-state index in [0.29, 0.717) is 25.9 Å². The van der Waals surface area contributed by atoms with Crippen LogP contribution < -0.4 is 5.32 Å². The van der Waals surface area contributed by atoms with Gasteiger partial charge in [-0.1, -0.05) is 35.0 Å². The molecule has 0 aromatic heterocycles. The Hall–Kier alpha value is -2.41. The Balaban J connectivity index is 1.73. The molecule has 0 unspecified atom stereocenters. The van der Waals surface area contributed by atoms with Crippen LogP contribution in [0, 0.1) is 12.3 Å². The topological polar surface area (TPSA) is 74.2 Å². The lowest BCUT2D eigenvalue weighted by Gasteiger charge is -2.42. The number of benzene rings is 1. The molecule has 170 valence electrons. The van der Waals surface area contributed by atoms with Gasteiger partial charge in [-0.3, -0.25) is 9.59 Å².